The summed E-state index contributed by atoms with van der Waals surface area (Å²) in [5.74, 6) is 0.979. The predicted octanol–water partition coefficient (Wildman–Crippen LogP) is 3.84. The van der Waals surface area contributed by atoms with E-state index in [9.17, 15) is 0 Å². The zero-order valence-corrected chi connectivity index (χ0v) is 10.1. The van der Waals surface area contributed by atoms with Gasteiger partial charge in [-0.05, 0) is 52.4 Å². The largest absolute Gasteiger partial charge is 0.493 e. The molecule has 2 heteroatoms. The molecule has 2 aromatic carbocycles. The van der Waals surface area contributed by atoms with Crippen molar-refractivity contribution < 1.29 is 4.74 Å². The second kappa shape index (κ2) is 4.17. The van der Waals surface area contributed by atoms with Gasteiger partial charge in [0.15, 0.2) is 0 Å². The molecule has 0 aliphatic rings. The number of benzene rings is 2. The fourth-order valence-electron chi connectivity index (χ4n) is 1.46. The van der Waals surface area contributed by atoms with Gasteiger partial charge in [0.2, 0.25) is 0 Å². The lowest BCUT2D eigenvalue weighted by Crippen LogP contribution is -1.93. The summed E-state index contributed by atoms with van der Waals surface area (Å²) in [5.41, 5.74) is 0. The monoisotopic (exact) mass is 298 g/mol. The van der Waals surface area contributed by atoms with Crippen molar-refractivity contribution in [1.29, 1.82) is 0 Å². The topological polar surface area (TPSA) is 9.23 Å². The summed E-state index contributed by atoms with van der Waals surface area (Å²) >= 11 is 2.31. The van der Waals surface area contributed by atoms with Gasteiger partial charge in [0.25, 0.3) is 0 Å². The third-order valence-electron chi connectivity index (χ3n) is 2.10. The Morgan fingerprint density at radius 3 is 2.43 bits per heavy atom. The van der Waals surface area contributed by atoms with Crippen molar-refractivity contribution in [1.82, 2.24) is 0 Å². The van der Waals surface area contributed by atoms with E-state index in [2.05, 4.69) is 52.9 Å². The molecule has 1 nitrogen and oxygen atoms in total. The Bertz CT molecular complexity index is 451. The Balaban J connectivity index is 2.59. The first-order valence-electron chi connectivity index (χ1n) is 4.62. The molecule has 2 rings (SSSR count). The van der Waals surface area contributed by atoms with Crippen LogP contribution in [-0.4, -0.2) is 6.61 Å². The van der Waals surface area contributed by atoms with E-state index >= 15 is 0 Å². The fraction of sp³-hybridized carbons (Fsp3) is 0.167. The van der Waals surface area contributed by atoms with Crippen LogP contribution in [0.3, 0.4) is 0 Å². The van der Waals surface area contributed by atoms with E-state index in [1.165, 1.54) is 14.3 Å². The maximum absolute atomic E-state index is 5.54. The van der Waals surface area contributed by atoms with E-state index < -0.39 is 0 Å². The Kier molecular flexibility index (Phi) is 2.91. The molecule has 0 unspecified atom stereocenters. The molecule has 0 spiro atoms. The molecule has 72 valence electrons. The van der Waals surface area contributed by atoms with Crippen LogP contribution in [-0.2, 0) is 0 Å². The SMILES string of the molecule is CCOc1cc2ccccc2cc1I. The first-order valence-corrected chi connectivity index (χ1v) is 5.70. The van der Waals surface area contributed by atoms with Gasteiger partial charge >= 0.3 is 0 Å². The summed E-state index contributed by atoms with van der Waals surface area (Å²) < 4.78 is 6.71. The van der Waals surface area contributed by atoms with Gasteiger partial charge in [-0.3, -0.25) is 0 Å². The average molecular weight is 298 g/mol. The van der Waals surface area contributed by atoms with Crippen LogP contribution in [0.2, 0.25) is 0 Å². The molecular formula is C12H11IO. The van der Waals surface area contributed by atoms with Gasteiger partial charge < -0.3 is 4.74 Å². The van der Waals surface area contributed by atoms with Crippen molar-refractivity contribution in [2.75, 3.05) is 6.61 Å². The van der Waals surface area contributed by atoms with Gasteiger partial charge in [0.1, 0.15) is 5.75 Å². The molecule has 0 bridgehead atoms. The molecule has 0 aliphatic carbocycles. The molecule has 0 saturated heterocycles. The molecule has 0 amide bonds. The maximum atomic E-state index is 5.54. The Morgan fingerprint density at radius 2 is 1.79 bits per heavy atom. The Labute approximate surface area is 97.2 Å². The lowest BCUT2D eigenvalue weighted by atomic mass is 10.1. The fourth-order valence-corrected chi connectivity index (χ4v) is 2.10. The number of hydrogen-bond donors (Lipinski definition) is 0. The zero-order valence-electron chi connectivity index (χ0n) is 7.96. The van der Waals surface area contributed by atoms with Gasteiger partial charge in [-0.2, -0.15) is 0 Å². The minimum Gasteiger partial charge on any atom is -0.493 e. The lowest BCUT2D eigenvalue weighted by molar-refractivity contribution is 0.338. The van der Waals surface area contributed by atoms with Crippen molar-refractivity contribution in [2.45, 2.75) is 6.92 Å². The molecule has 0 N–H and O–H groups in total. The van der Waals surface area contributed by atoms with Crippen LogP contribution in [0.4, 0.5) is 0 Å². The van der Waals surface area contributed by atoms with Gasteiger partial charge in [0.05, 0.1) is 10.2 Å². The average Bonchev–Trinajstić information content (AvgIpc) is 2.19. The lowest BCUT2D eigenvalue weighted by Gasteiger charge is -2.07. The maximum Gasteiger partial charge on any atom is 0.133 e. The molecule has 0 radical (unpaired) electrons. The summed E-state index contributed by atoms with van der Waals surface area (Å²) in [6.45, 7) is 2.72. The summed E-state index contributed by atoms with van der Waals surface area (Å²) in [6.07, 6.45) is 0. The number of hydrogen-bond acceptors (Lipinski definition) is 1. The van der Waals surface area contributed by atoms with Gasteiger partial charge in [-0.25, -0.2) is 0 Å². The molecule has 0 heterocycles. The summed E-state index contributed by atoms with van der Waals surface area (Å²) in [6, 6.07) is 12.6. The van der Waals surface area contributed by atoms with E-state index in [4.69, 9.17) is 4.74 Å². The number of rotatable bonds is 2. The van der Waals surface area contributed by atoms with Crippen molar-refractivity contribution in [3.8, 4) is 5.75 Å². The van der Waals surface area contributed by atoms with Crippen molar-refractivity contribution in [3.05, 3.63) is 40.0 Å². The summed E-state index contributed by atoms with van der Waals surface area (Å²) in [4.78, 5) is 0. The highest BCUT2D eigenvalue weighted by Crippen LogP contribution is 2.27. The van der Waals surface area contributed by atoms with Crippen LogP contribution in [0, 0.1) is 3.57 Å². The smallest absolute Gasteiger partial charge is 0.133 e. The van der Waals surface area contributed by atoms with E-state index in [-0.39, 0.29) is 0 Å². The third kappa shape index (κ3) is 1.85. The Hall–Kier alpha value is -0.770. The highest BCUT2D eigenvalue weighted by Gasteiger charge is 2.02. The molecule has 0 atom stereocenters. The first-order chi connectivity index (χ1) is 6.81. The third-order valence-corrected chi connectivity index (χ3v) is 2.94. The van der Waals surface area contributed by atoms with Gasteiger partial charge in [-0.1, -0.05) is 24.3 Å². The van der Waals surface area contributed by atoms with Crippen LogP contribution in [0.15, 0.2) is 36.4 Å². The van der Waals surface area contributed by atoms with Crippen LogP contribution in [0.25, 0.3) is 10.8 Å². The number of halogens is 1. The molecule has 0 aliphatic heterocycles. The zero-order chi connectivity index (χ0) is 9.97. The van der Waals surface area contributed by atoms with Crippen molar-refractivity contribution in [2.24, 2.45) is 0 Å². The highest BCUT2D eigenvalue weighted by atomic mass is 127. The van der Waals surface area contributed by atoms with Crippen LogP contribution < -0.4 is 4.74 Å². The standard InChI is InChI=1S/C12H11IO/c1-2-14-12-8-10-6-4-3-5-9(10)7-11(12)13/h3-8H,2H2,1H3. The predicted molar refractivity (Wildman–Crippen MR) is 67.8 cm³/mol. The molecule has 0 fully saturated rings. The summed E-state index contributed by atoms with van der Waals surface area (Å²) in [7, 11) is 0. The quantitative estimate of drug-likeness (QED) is 0.765. The van der Waals surface area contributed by atoms with E-state index in [0.29, 0.717) is 6.61 Å². The number of fused-ring (bicyclic) bond motifs is 1. The highest BCUT2D eigenvalue weighted by molar-refractivity contribution is 14.1. The Morgan fingerprint density at radius 1 is 1.14 bits per heavy atom. The van der Waals surface area contributed by atoms with Gasteiger partial charge in [-0.15, -0.1) is 0 Å². The molecule has 0 aromatic heterocycles. The van der Waals surface area contributed by atoms with Crippen LogP contribution in [0.1, 0.15) is 6.92 Å². The molecule has 2 aromatic rings. The molecule has 14 heavy (non-hydrogen) atoms. The molecule has 0 saturated carbocycles. The minimum absolute atomic E-state index is 0.717. The van der Waals surface area contributed by atoms with Crippen LogP contribution in [0.5, 0.6) is 5.75 Å². The van der Waals surface area contributed by atoms with Gasteiger partial charge in [0, 0.05) is 0 Å². The minimum atomic E-state index is 0.717. The van der Waals surface area contributed by atoms with E-state index in [1.54, 1.807) is 0 Å². The second-order valence-corrected chi connectivity index (χ2v) is 4.22. The summed E-state index contributed by atoms with van der Waals surface area (Å²) in [5, 5.41) is 2.50. The van der Waals surface area contributed by atoms with Crippen LogP contribution >= 0.6 is 22.6 Å². The number of ether oxygens (including phenoxy) is 1. The second-order valence-electron chi connectivity index (χ2n) is 3.06. The van der Waals surface area contributed by atoms with E-state index in [1.807, 2.05) is 13.0 Å². The van der Waals surface area contributed by atoms with Crippen molar-refractivity contribution >= 4 is 33.4 Å². The first kappa shape index (κ1) is 9.77. The van der Waals surface area contributed by atoms with Crippen molar-refractivity contribution in [3.63, 3.8) is 0 Å². The van der Waals surface area contributed by atoms with E-state index in [0.717, 1.165) is 5.75 Å². The molecular weight excluding hydrogens is 287 g/mol. The normalized spacial score (nSPS) is 10.4.